The Morgan fingerprint density at radius 2 is 1.90 bits per heavy atom. The molecule has 0 aliphatic rings. The number of imidazole rings is 1. The van der Waals surface area contributed by atoms with Gasteiger partial charge in [-0.2, -0.15) is 0 Å². The minimum absolute atomic E-state index is 0.335. The highest BCUT2D eigenvalue weighted by Crippen LogP contribution is 2.28. The molecule has 1 aromatic carbocycles. The summed E-state index contributed by atoms with van der Waals surface area (Å²) in [7, 11) is 4.04. The maximum Gasteiger partial charge on any atom is 0.124 e. The van der Waals surface area contributed by atoms with E-state index >= 15 is 0 Å². The van der Waals surface area contributed by atoms with Gasteiger partial charge >= 0.3 is 0 Å². The van der Waals surface area contributed by atoms with E-state index in [1.165, 1.54) is 0 Å². The summed E-state index contributed by atoms with van der Waals surface area (Å²) >= 11 is 18.1. The molecule has 7 heteroatoms. The molecule has 0 spiro atoms. The molecule has 0 unspecified atom stereocenters. The molecule has 0 aliphatic carbocycles. The zero-order chi connectivity index (χ0) is 15.4. The number of benzene rings is 1. The van der Waals surface area contributed by atoms with Crippen LogP contribution in [0.5, 0.6) is 0 Å². The second kappa shape index (κ2) is 7.65. The van der Waals surface area contributed by atoms with E-state index in [4.69, 9.17) is 39.5 Å². The van der Waals surface area contributed by atoms with Gasteiger partial charge in [-0.1, -0.05) is 23.2 Å². The molecule has 116 valence electrons. The SMILES string of the molecule is CN(C)CCOCCn1c(CCl)nc2cc(Cl)c(Cl)cc21. The Morgan fingerprint density at radius 3 is 2.57 bits per heavy atom. The summed E-state index contributed by atoms with van der Waals surface area (Å²) < 4.78 is 7.66. The Morgan fingerprint density at radius 1 is 1.19 bits per heavy atom. The fourth-order valence-corrected chi connectivity index (χ4v) is 2.55. The number of alkyl halides is 1. The van der Waals surface area contributed by atoms with Crippen molar-refractivity contribution >= 4 is 45.8 Å². The van der Waals surface area contributed by atoms with E-state index in [-0.39, 0.29) is 0 Å². The molecule has 21 heavy (non-hydrogen) atoms. The molecular formula is C14H18Cl3N3O. The Bertz CT molecular complexity index is 613. The van der Waals surface area contributed by atoms with E-state index in [2.05, 4.69) is 9.88 Å². The first-order valence-corrected chi connectivity index (χ1v) is 7.94. The largest absolute Gasteiger partial charge is 0.378 e. The second-order valence-corrected chi connectivity index (χ2v) is 6.07. The number of hydrogen-bond acceptors (Lipinski definition) is 3. The van der Waals surface area contributed by atoms with Gasteiger partial charge in [-0.05, 0) is 26.2 Å². The van der Waals surface area contributed by atoms with Crippen LogP contribution in [0.2, 0.25) is 10.0 Å². The normalized spacial score (nSPS) is 11.7. The maximum absolute atomic E-state index is 6.09. The van der Waals surface area contributed by atoms with Crippen molar-refractivity contribution in [1.29, 1.82) is 0 Å². The van der Waals surface area contributed by atoms with Gasteiger partial charge in [0.05, 0.1) is 40.2 Å². The minimum atomic E-state index is 0.335. The van der Waals surface area contributed by atoms with Crippen LogP contribution in [0.4, 0.5) is 0 Å². The molecule has 0 radical (unpaired) electrons. The smallest absolute Gasteiger partial charge is 0.124 e. The number of fused-ring (bicyclic) bond motifs is 1. The van der Waals surface area contributed by atoms with Crippen LogP contribution in [0.1, 0.15) is 5.82 Å². The molecule has 0 saturated carbocycles. The van der Waals surface area contributed by atoms with Gasteiger partial charge in [-0.3, -0.25) is 0 Å². The summed E-state index contributed by atoms with van der Waals surface area (Å²) in [5.41, 5.74) is 1.73. The highest BCUT2D eigenvalue weighted by molar-refractivity contribution is 6.42. The van der Waals surface area contributed by atoms with Crippen LogP contribution < -0.4 is 0 Å². The Balaban J connectivity index is 2.12. The zero-order valence-corrected chi connectivity index (χ0v) is 14.3. The third kappa shape index (κ3) is 4.24. The first kappa shape index (κ1) is 16.8. The van der Waals surface area contributed by atoms with E-state index in [9.17, 15) is 0 Å². The quantitative estimate of drug-likeness (QED) is 0.564. The minimum Gasteiger partial charge on any atom is -0.378 e. The van der Waals surface area contributed by atoms with Crippen molar-refractivity contribution in [2.45, 2.75) is 12.4 Å². The summed E-state index contributed by atoms with van der Waals surface area (Å²) in [5, 5.41) is 1.01. The molecule has 0 atom stereocenters. The molecule has 0 aliphatic heterocycles. The van der Waals surface area contributed by atoms with Crippen molar-refractivity contribution in [2.75, 3.05) is 33.9 Å². The van der Waals surface area contributed by atoms with Gasteiger partial charge in [0.2, 0.25) is 0 Å². The summed E-state index contributed by atoms with van der Waals surface area (Å²) in [4.78, 5) is 6.57. The van der Waals surface area contributed by atoms with Gasteiger partial charge in [0.25, 0.3) is 0 Å². The summed E-state index contributed by atoms with van der Waals surface area (Å²) in [6.07, 6.45) is 0. The monoisotopic (exact) mass is 349 g/mol. The number of nitrogens with zero attached hydrogens (tertiary/aromatic N) is 3. The summed E-state index contributed by atoms with van der Waals surface area (Å²) in [6, 6.07) is 3.58. The lowest BCUT2D eigenvalue weighted by Gasteiger charge is -2.11. The predicted octanol–water partition coefficient (Wildman–Crippen LogP) is 3.66. The van der Waals surface area contributed by atoms with Gasteiger partial charge in [-0.25, -0.2) is 4.98 Å². The average Bonchev–Trinajstić information content (AvgIpc) is 2.76. The van der Waals surface area contributed by atoms with Crippen molar-refractivity contribution in [3.05, 3.63) is 28.0 Å². The number of hydrogen-bond donors (Lipinski definition) is 0. The van der Waals surface area contributed by atoms with Crippen LogP contribution in [0.25, 0.3) is 11.0 Å². The van der Waals surface area contributed by atoms with Gasteiger partial charge in [-0.15, -0.1) is 11.6 Å². The van der Waals surface area contributed by atoms with E-state index < -0.39 is 0 Å². The van der Waals surface area contributed by atoms with Crippen molar-refractivity contribution in [3.63, 3.8) is 0 Å². The standard InChI is InChI=1S/C14H18Cl3N3O/c1-19(2)3-5-21-6-4-20-13-8-11(17)10(16)7-12(13)18-14(20)9-15/h7-8H,3-6,9H2,1-2H3. The van der Waals surface area contributed by atoms with Crippen molar-refractivity contribution < 1.29 is 4.74 Å². The lowest BCUT2D eigenvalue weighted by Crippen LogP contribution is -2.19. The Hall–Kier alpha value is -0.520. The lowest BCUT2D eigenvalue weighted by atomic mass is 10.3. The van der Waals surface area contributed by atoms with Crippen molar-refractivity contribution in [2.24, 2.45) is 0 Å². The molecule has 0 fully saturated rings. The van der Waals surface area contributed by atoms with Gasteiger partial charge in [0.15, 0.2) is 0 Å². The number of aromatic nitrogens is 2. The van der Waals surface area contributed by atoms with Gasteiger partial charge in [0.1, 0.15) is 5.82 Å². The fourth-order valence-electron chi connectivity index (χ4n) is 2.03. The molecule has 0 bridgehead atoms. The lowest BCUT2D eigenvalue weighted by molar-refractivity contribution is 0.111. The van der Waals surface area contributed by atoms with E-state index in [0.717, 1.165) is 23.4 Å². The number of ether oxygens (including phenoxy) is 1. The van der Waals surface area contributed by atoms with Crippen LogP contribution in [-0.2, 0) is 17.2 Å². The van der Waals surface area contributed by atoms with Gasteiger partial charge in [0, 0.05) is 13.1 Å². The molecule has 1 heterocycles. The van der Waals surface area contributed by atoms with Crippen LogP contribution in [-0.4, -0.2) is 48.3 Å². The molecule has 2 aromatic rings. The third-order valence-electron chi connectivity index (χ3n) is 3.13. The fraction of sp³-hybridized carbons (Fsp3) is 0.500. The molecule has 0 amide bonds. The number of rotatable bonds is 7. The Labute approximate surface area is 139 Å². The Kier molecular flexibility index (Phi) is 6.14. The zero-order valence-electron chi connectivity index (χ0n) is 12.1. The van der Waals surface area contributed by atoms with Crippen LogP contribution in [0.3, 0.4) is 0 Å². The molecule has 0 saturated heterocycles. The number of halogens is 3. The highest BCUT2D eigenvalue weighted by Gasteiger charge is 2.12. The topological polar surface area (TPSA) is 30.3 Å². The second-order valence-electron chi connectivity index (χ2n) is 4.98. The van der Waals surface area contributed by atoms with Crippen molar-refractivity contribution in [3.8, 4) is 0 Å². The highest BCUT2D eigenvalue weighted by atomic mass is 35.5. The molecular weight excluding hydrogens is 333 g/mol. The number of likely N-dealkylation sites (N-methyl/N-ethyl adjacent to an activating group) is 1. The first-order chi connectivity index (χ1) is 10.0. The predicted molar refractivity (Wildman–Crippen MR) is 88.7 cm³/mol. The molecule has 2 rings (SSSR count). The van der Waals surface area contributed by atoms with Crippen molar-refractivity contribution in [1.82, 2.24) is 14.5 Å². The molecule has 4 nitrogen and oxygen atoms in total. The van der Waals surface area contributed by atoms with Crippen LogP contribution in [0, 0.1) is 0 Å². The van der Waals surface area contributed by atoms with E-state index in [0.29, 0.717) is 35.7 Å². The average molecular weight is 351 g/mol. The third-order valence-corrected chi connectivity index (χ3v) is 4.09. The van der Waals surface area contributed by atoms with Crippen LogP contribution in [0.15, 0.2) is 12.1 Å². The summed E-state index contributed by atoms with van der Waals surface area (Å²) in [6.45, 7) is 2.88. The molecule has 1 aromatic heterocycles. The summed E-state index contributed by atoms with van der Waals surface area (Å²) in [5.74, 6) is 1.13. The van der Waals surface area contributed by atoms with E-state index in [1.54, 1.807) is 6.07 Å². The maximum atomic E-state index is 6.09. The van der Waals surface area contributed by atoms with Gasteiger partial charge < -0.3 is 14.2 Å². The first-order valence-electron chi connectivity index (χ1n) is 6.65. The van der Waals surface area contributed by atoms with Crippen LogP contribution >= 0.6 is 34.8 Å². The molecule has 0 N–H and O–H groups in total. The van der Waals surface area contributed by atoms with E-state index in [1.807, 2.05) is 24.7 Å².